The zero-order valence-electron chi connectivity index (χ0n) is 20.1. The molecule has 3 heterocycles. The highest BCUT2D eigenvalue weighted by Gasteiger charge is 2.07. The van der Waals surface area contributed by atoms with Gasteiger partial charge in [0, 0.05) is 71.9 Å². The summed E-state index contributed by atoms with van der Waals surface area (Å²) in [4.78, 5) is 11.9. The number of benzene rings is 2. The first-order chi connectivity index (χ1) is 17.3. The number of pyridine rings is 2. The number of aromatic amines is 1. The standard InChI is InChI=1S/C28H27N5.C2H4/c1-20-17-29-13-10-21(20)16-23-18-30-14-12-27(23)33-25-8-6-24(7-9-25)31-15-11-22-19-32-28-5-3-2-4-26(22)28;1-2/h2-10,12-14,17-19,31-32H,11,15-16H2,1H3,(H,30,33);1-2H2. The molecule has 5 heteroatoms. The number of anilines is 3. The summed E-state index contributed by atoms with van der Waals surface area (Å²) in [5.41, 5.74) is 9.38. The van der Waals surface area contributed by atoms with Crippen LogP contribution in [0.5, 0.6) is 0 Å². The molecule has 0 radical (unpaired) electrons. The molecule has 2 aromatic carbocycles. The van der Waals surface area contributed by atoms with Crippen LogP contribution in [-0.2, 0) is 12.8 Å². The molecular weight excluding hydrogens is 430 g/mol. The predicted molar refractivity (Wildman–Crippen MR) is 147 cm³/mol. The summed E-state index contributed by atoms with van der Waals surface area (Å²) in [6, 6.07) is 21.0. The number of hydrogen-bond donors (Lipinski definition) is 3. The SMILES string of the molecule is C=C.Cc1cnccc1Cc1cnccc1Nc1ccc(NCCc2c[nH]c3ccccc23)cc1. The third-order valence-corrected chi connectivity index (χ3v) is 5.98. The van der Waals surface area contributed by atoms with Gasteiger partial charge in [0.1, 0.15) is 0 Å². The van der Waals surface area contributed by atoms with Gasteiger partial charge in [-0.05, 0) is 78.1 Å². The largest absolute Gasteiger partial charge is 0.385 e. The van der Waals surface area contributed by atoms with E-state index in [1.54, 1.807) is 0 Å². The lowest BCUT2D eigenvalue weighted by Gasteiger charge is -2.13. The van der Waals surface area contributed by atoms with Crippen LogP contribution in [0.3, 0.4) is 0 Å². The summed E-state index contributed by atoms with van der Waals surface area (Å²) in [5, 5.41) is 8.38. The molecular formula is C30H31N5. The maximum Gasteiger partial charge on any atom is 0.0456 e. The second-order valence-corrected chi connectivity index (χ2v) is 8.25. The maximum atomic E-state index is 4.33. The van der Waals surface area contributed by atoms with E-state index in [0.29, 0.717) is 0 Å². The molecule has 176 valence electrons. The van der Waals surface area contributed by atoms with Gasteiger partial charge in [-0.3, -0.25) is 9.97 Å². The lowest BCUT2D eigenvalue weighted by Crippen LogP contribution is -2.04. The van der Waals surface area contributed by atoms with Crippen LogP contribution in [0.2, 0.25) is 0 Å². The molecule has 3 aromatic heterocycles. The molecule has 0 saturated heterocycles. The molecule has 0 saturated carbocycles. The Bertz CT molecular complexity index is 1370. The van der Waals surface area contributed by atoms with E-state index in [1.165, 1.54) is 27.6 Å². The quantitative estimate of drug-likeness (QED) is 0.216. The van der Waals surface area contributed by atoms with Crippen LogP contribution in [0.1, 0.15) is 22.3 Å². The van der Waals surface area contributed by atoms with Crippen molar-refractivity contribution >= 4 is 28.0 Å². The fourth-order valence-corrected chi connectivity index (χ4v) is 4.10. The topological polar surface area (TPSA) is 65.6 Å². The molecule has 0 bridgehead atoms. The number of H-pyrrole nitrogens is 1. The number of fused-ring (bicyclic) bond motifs is 1. The van der Waals surface area contributed by atoms with Crippen LogP contribution < -0.4 is 10.6 Å². The molecule has 5 aromatic rings. The van der Waals surface area contributed by atoms with Crippen molar-refractivity contribution in [3.63, 3.8) is 0 Å². The summed E-state index contributed by atoms with van der Waals surface area (Å²) < 4.78 is 0. The third kappa shape index (κ3) is 5.95. The van der Waals surface area contributed by atoms with Crippen LogP contribution in [0.4, 0.5) is 17.1 Å². The van der Waals surface area contributed by atoms with Crippen molar-refractivity contribution in [2.45, 2.75) is 19.8 Å². The average Bonchev–Trinajstić information content (AvgIpc) is 3.32. The summed E-state index contributed by atoms with van der Waals surface area (Å²) >= 11 is 0. The van der Waals surface area contributed by atoms with Crippen LogP contribution in [-0.4, -0.2) is 21.5 Å². The Morgan fingerprint density at radius 1 is 0.800 bits per heavy atom. The number of rotatable bonds is 8. The summed E-state index contributed by atoms with van der Waals surface area (Å²) in [6.07, 6.45) is 11.4. The van der Waals surface area contributed by atoms with Gasteiger partial charge in [-0.15, -0.1) is 13.2 Å². The maximum absolute atomic E-state index is 4.33. The van der Waals surface area contributed by atoms with Crippen molar-refractivity contribution in [2.24, 2.45) is 0 Å². The van der Waals surface area contributed by atoms with Gasteiger partial charge in [0.05, 0.1) is 0 Å². The van der Waals surface area contributed by atoms with Crippen molar-refractivity contribution in [3.8, 4) is 0 Å². The Morgan fingerprint density at radius 2 is 1.54 bits per heavy atom. The smallest absolute Gasteiger partial charge is 0.0456 e. The van der Waals surface area contributed by atoms with Crippen LogP contribution in [0.25, 0.3) is 10.9 Å². The van der Waals surface area contributed by atoms with E-state index >= 15 is 0 Å². The van der Waals surface area contributed by atoms with Crippen molar-refractivity contribution in [1.82, 2.24) is 15.0 Å². The molecule has 5 rings (SSSR count). The highest BCUT2D eigenvalue weighted by atomic mass is 14.9. The third-order valence-electron chi connectivity index (χ3n) is 5.98. The lowest BCUT2D eigenvalue weighted by atomic mass is 10.0. The van der Waals surface area contributed by atoms with Crippen LogP contribution in [0, 0.1) is 6.92 Å². The molecule has 0 atom stereocenters. The molecule has 0 aliphatic heterocycles. The number of aromatic nitrogens is 3. The van der Waals surface area contributed by atoms with Gasteiger partial charge >= 0.3 is 0 Å². The number of para-hydroxylation sites is 1. The van der Waals surface area contributed by atoms with E-state index in [-0.39, 0.29) is 0 Å². The first-order valence-electron chi connectivity index (χ1n) is 11.7. The lowest BCUT2D eigenvalue weighted by molar-refractivity contribution is 1.03. The molecule has 0 aliphatic carbocycles. The minimum atomic E-state index is 0.817. The number of nitrogens with zero attached hydrogens (tertiary/aromatic N) is 2. The molecule has 3 N–H and O–H groups in total. The van der Waals surface area contributed by atoms with E-state index in [4.69, 9.17) is 0 Å². The Kier molecular flexibility index (Phi) is 7.92. The monoisotopic (exact) mass is 461 g/mol. The molecule has 0 spiro atoms. The van der Waals surface area contributed by atoms with Crippen LogP contribution in [0.15, 0.2) is 105 Å². The predicted octanol–water partition coefficient (Wildman–Crippen LogP) is 7.06. The number of nitrogens with one attached hydrogen (secondary N) is 3. The zero-order valence-corrected chi connectivity index (χ0v) is 20.1. The second-order valence-electron chi connectivity index (χ2n) is 8.25. The first-order valence-corrected chi connectivity index (χ1v) is 11.7. The van der Waals surface area contributed by atoms with Gasteiger partial charge in [-0.2, -0.15) is 0 Å². The molecule has 35 heavy (non-hydrogen) atoms. The molecule has 0 aliphatic rings. The Labute approximate surface area is 207 Å². The Balaban J connectivity index is 0.00000141. The Morgan fingerprint density at radius 3 is 2.37 bits per heavy atom. The zero-order chi connectivity index (χ0) is 24.5. The van der Waals surface area contributed by atoms with E-state index in [0.717, 1.165) is 42.0 Å². The van der Waals surface area contributed by atoms with Gasteiger partial charge < -0.3 is 15.6 Å². The van der Waals surface area contributed by atoms with Gasteiger partial charge in [0.2, 0.25) is 0 Å². The normalized spacial score (nSPS) is 10.4. The van der Waals surface area contributed by atoms with Crippen molar-refractivity contribution in [3.05, 3.63) is 127 Å². The molecule has 0 unspecified atom stereocenters. The highest BCUT2D eigenvalue weighted by molar-refractivity contribution is 5.83. The molecule has 5 nitrogen and oxygen atoms in total. The highest BCUT2D eigenvalue weighted by Crippen LogP contribution is 2.25. The van der Waals surface area contributed by atoms with Crippen molar-refractivity contribution in [2.75, 3.05) is 17.2 Å². The van der Waals surface area contributed by atoms with E-state index in [2.05, 4.69) is 106 Å². The fourth-order valence-electron chi connectivity index (χ4n) is 4.10. The summed E-state index contributed by atoms with van der Waals surface area (Å²) in [5.74, 6) is 0. The minimum absolute atomic E-state index is 0.817. The van der Waals surface area contributed by atoms with E-state index < -0.39 is 0 Å². The number of aryl methyl sites for hydroxylation is 1. The second kappa shape index (κ2) is 11.7. The van der Waals surface area contributed by atoms with Crippen molar-refractivity contribution in [1.29, 1.82) is 0 Å². The minimum Gasteiger partial charge on any atom is -0.385 e. The average molecular weight is 462 g/mol. The first kappa shape index (κ1) is 23.8. The van der Waals surface area contributed by atoms with Gasteiger partial charge in [-0.25, -0.2) is 0 Å². The summed E-state index contributed by atoms with van der Waals surface area (Å²) in [7, 11) is 0. The van der Waals surface area contributed by atoms with Gasteiger partial charge in [-0.1, -0.05) is 18.2 Å². The fraction of sp³-hybridized carbons (Fsp3) is 0.133. The van der Waals surface area contributed by atoms with Crippen LogP contribution >= 0.6 is 0 Å². The van der Waals surface area contributed by atoms with E-state index in [9.17, 15) is 0 Å². The Hall–Kier alpha value is -4.38. The number of hydrogen-bond acceptors (Lipinski definition) is 4. The van der Waals surface area contributed by atoms with Gasteiger partial charge in [0.25, 0.3) is 0 Å². The van der Waals surface area contributed by atoms with E-state index in [1.807, 2.05) is 30.9 Å². The molecule has 0 amide bonds. The van der Waals surface area contributed by atoms with Gasteiger partial charge in [0.15, 0.2) is 0 Å². The van der Waals surface area contributed by atoms with Crippen molar-refractivity contribution < 1.29 is 0 Å². The summed E-state index contributed by atoms with van der Waals surface area (Å²) in [6.45, 7) is 8.98. The molecule has 0 fully saturated rings.